The molecule has 0 aliphatic rings. The molecule has 0 unspecified atom stereocenters. The van der Waals surface area contributed by atoms with Crippen molar-refractivity contribution in [1.29, 1.82) is 0 Å². The van der Waals surface area contributed by atoms with Crippen LogP contribution in [-0.4, -0.2) is 46.3 Å². The van der Waals surface area contributed by atoms with Crippen molar-refractivity contribution >= 4 is 5.91 Å². The van der Waals surface area contributed by atoms with Gasteiger partial charge in [-0.1, -0.05) is 18.2 Å². The second-order valence-electron chi connectivity index (χ2n) is 4.53. The number of carbonyl (C=O) groups excluding carboxylic acids is 1. The topological polar surface area (TPSA) is 116 Å². The average Bonchev–Trinajstić information content (AvgIpc) is 3.24. The number of para-hydroxylation sites is 1. The predicted molar refractivity (Wildman–Crippen MR) is 73.5 cm³/mol. The fraction of sp³-hybridized carbons (Fsp3) is 0.250. The Bertz CT molecular complexity index is 737. The monoisotopic (exact) mass is 299 g/mol. The first-order valence-electron chi connectivity index (χ1n) is 6.58. The number of benzene rings is 1. The van der Waals surface area contributed by atoms with Crippen LogP contribution in [0, 0.1) is 0 Å². The number of carbonyl (C=O) groups is 1. The molecule has 22 heavy (non-hydrogen) atoms. The van der Waals surface area contributed by atoms with Gasteiger partial charge in [-0.2, -0.15) is 4.68 Å². The van der Waals surface area contributed by atoms with Crippen LogP contribution in [0.4, 0.5) is 0 Å². The van der Waals surface area contributed by atoms with Crippen molar-refractivity contribution in [3.05, 3.63) is 42.5 Å². The zero-order valence-electron chi connectivity index (χ0n) is 11.7. The molecule has 3 aromatic rings. The maximum absolute atomic E-state index is 12.1. The largest absolute Gasteiger partial charge is 0.347 e. The van der Waals surface area contributed by atoms with Gasteiger partial charge in [-0.05, 0) is 39.9 Å². The Morgan fingerprint density at radius 1 is 1.23 bits per heavy atom. The Morgan fingerprint density at radius 2 is 2.05 bits per heavy atom. The molecular formula is C12H13N9O. The van der Waals surface area contributed by atoms with E-state index >= 15 is 0 Å². The van der Waals surface area contributed by atoms with Crippen LogP contribution in [0.2, 0.25) is 0 Å². The van der Waals surface area contributed by atoms with Gasteiger partial charge in [0.2, 0.25) is 5.91 Å². The summed E-state index contributed by atoms with van der Waals surface area (Å²) in [6, 6.07) is 8.93. The van der Waals surface area contributed by atoms with Gasteiger partial charge in [0.1, 0.15) is 12.4 Å². The summed E-state index contributed by atoms with van der Waals surface area (Å²) < 4.78 is 2.94. The van der Waals surface area contributed by atoms with E-state index in [0.717, 1.165) is 5.69 Å². The third-order valence-electron chi connectivity index (χ3n) is 3.10. The normalized spacial score (nSPS) is 12.0. The lowest BCUT2D eigenvalue weighted by molar-refractivity contribution is -0.124. The average molecular weight is 299 g/mol. The molecule has 2 heterocycles. The van der Waals surface area contributed by atoms with Crippen LogP contribution in [0.1, 0.15) is 18.8 Å². The summed E-state index contributed by atoms with van der Waals surface area (Å²) >= 11 is 0. The van der Waals surface area contributed by atoms with Gasteiger partial charge in [-0.3, -0.25) is 4.79 Å². The van der Waals surface area contributed by atoms with Crippen molar-refractivity contribution in [1.82, 2.24) is 45.7 Å². The van der Waals surface area contributed by atoms with Crippen LogP contribution in [-0.2, 0) is 11.3 Å². The van der Waals surface area contributed by atoms with E-state index in [-0.39, 0.29) is 12.5 Å². The van der Waals surface area contributed by atoms with Gasteiger partial charge < -0.3 is 5.32 Å². The van der Waals surface area contributed by atoms with Crippen molar-refractivity contribution in [2.24, 2.45) is 0 Å². The van der Waals surface area contributed by atoms with E-state index in [1.807, 2.05) is 30.3 Å². The maximum atomic E-state index is 12.1. The van der Waals surface area contributed by atoms with Gasteiger partial charge in [-0.15, -0.1) is 10.2 Å². The van der Waals surface area contributed by atoms with Crippen LogP contribution in [0.3, 0.4) is 0 Å². The molecule has 0 saturated heterocycles. The Balaban J connectivity index is 1.68. The first-order chi connectivity index (χ1) is 10.8. The summed E-state index contributed by atoms with van der Waals surface area (Å²) in [7, 11) is 0. The molecule has 0 saturated carbocycles. The lowest BCUT2D eigenvalue weighted by Crippen LogP contribution is -2.31. The molecule has 0 fully saturated rings. The predicted octanol–water partition coefficient (Wildman–Crippen LogP) is -0.474. The van der Waals surface area contributed by atoms with Crippen LogP contribution in [0.25, 0.3) is 5.69 Å². The number of aromatic nitrogens is 8. The number of hydrogen-bond donors (Lipinski definition) is 1. The van der Waals surface area contributed by atoms with Gasteiger partial charge in [0, 0.05) is 0 Å². The summed E-state index contributed by atoms with van der Waals surface area (Å²) in [4.78, 5) is 12.1. The van der Waals surface area contributed by atoms with Crippen molar-refractivity contribution in [2.75, 3.05) is 0 Å². The summed E-state index contributed by atoms with van der Waals surface area (Å²) in [5, 5.41) is 25.0. The van der Waals surface area contributed by atoms with Crippen LogP contribution < -0.4 is 5.32 Å². The molecule has 10 nitrogen and oxygen atoms in total. The molecule has 0 radical (unpaired) electrons. The second-order valence-corrected chi connectivity index (χ2v) is 4.53. The third-order valence-corrected chi connectivity index (χ3v) is 3.10. The van der Waals surface area contributed by atoms with Gasteiger partial charge in [0.05, 0.1) is 12.2 Å². The van der Waals surface area contributed by atoms with Crippen molar-refractivity contribution in [3.63, 3.8) is 0 Å². The van der Waals surface area contributed by atoms with Gasteiger partial charge in [-0.25, -0.2) is 4.68 Å². The molecule has 1 atom stereocenters. The quantitative estimate of drug-likeness (QED) is 0.676. The summed E-state index contributed by atoms with van der Waals surface area (Å²) in [5.41, 5.74) is 0.824. The SMILES string of the molecule is C[C@@H](C(=O)NCc1nnnn1-c1ccccc1)n1cnnn1. The van der Waals surface area contributed by atoms with E-state index in [2.05, 4.69) is 36.4 Å². The lowest BCUT2D eigenvalue weighted by Gasteiger charge is -2.11. The standard InChI is InChI=1S/C12H13N9O/c1-9(20-8-14-16-18-20)12(22)13-7-11-15-17-19-21(11)10-5-3-2-4-6-10/h2-6,8-9H,7H2,1H3,(H,13,22)/t9-/m0/s1. The van der Waals surface area contributed by atoms with Crippen molar-refractivity contribution in [3.8, 4) is 5.69 Å². The highest BCUT2D eigenvalue weighted by Crippen LogP contribution is 2.07. The summed E-state index contributed by atoms with van der Waals surface area (Å²) in [6.45, 7) is 1.90. The number of nitrogens with zero attached hydrogens (tertiary/aromatic N) is 8. The smallest absolute Gasteiger partial charge is 0.245 e. The molecule has 0 bridgehead atoms. The molecule has 1 amide bonds. The van der Waals surface area contributed by atoms with E-state index in [0.29, 0.717) is 5.82 Å². The highest BCUT2D eigenvalue weighted by atomic mass is 16.2. The van der Waals surface area contributed by atoms with E-state index in [1.54, 1.807) is 11.6 Å². The van der Waals surface area contributed by atoms with E-state index in [1.165, 1.54) is 11.0 Å². The fourth-order valence-corrected chi connectivity index (χ4v) is 1.87. The lowest BCUT2D eigenvalue weighted by atomic mass is 10.3. The fourth-order valence-electron chi connectivity index (χ4n) is 1.87. The molecule has 0 aliphatic heterocycles. The van der Waals surface area contributed by atoms with Gasteiger partial charge in [0.25, 0.3) is 0 Å². The molecule has 3 rings (SSSR count). The minimum absolute atomic E-state index is 0.202. The van der Waals surface area contributed by atoms with Crippen LogP contribution in [0.5, 0.6) is 0 Å². The summed E-state index contributed by atoms with van der Waals surface area (Å²) in [6.07, 6.45) is 1.39. The highest BCUT2D eigenvalue weighted by molar-refractivity contribution is 5.79. The minimum Gasteiger partial charge on any atom is -0.347 e. The maximum Gasteiger partial charge on any atom is 0.245 e. The second kappa shape index (κ2) is 6.08. The first kappa shape index (κ1) is 13.8. The molecule has 112 valence electrons. The molecule has 0 aliphatic carbocycles. The van der Waals surface area contributed by atoms with E-state index < -0.39 is 6.04 Å². The van der Waals surface area contributed by atoms with Gasteiger partial charge >= 0.3 is 0 Å². The molecule has 1 N–H and O–H groups in total. The van der Waals surface area contributed by atoms with E-state index in [4.69, 9.17) is 0 Å². The zero-order chi connectivity index (χ0) is 15.4. The first-order valence-corrected chi connectivity index (χ1v) is 6.58. The number of amides is 1. The minimum atomic E-state index is -0.518. The number of hydrogen-bond acceptors (Lipinski definition) is 7. The Hall–Kier alpha value is -3.17. The molecule has 0 spiro atoms. The third kappa shape index (κ3) is 2.80. The van der Waals surface area contributed by atoms with Crippen molar-refractivity contribution < 1.29 is 4.79 Å². The number of nitrogens with one attached hydrogen (secondary N) is 1. The van der Waals surface area contributed by atoms with Crippen LogP contribution >= 0.6 is 0 Å². The Kier molecular flexibility index (Phi) is 3.81. The number of rotatable bonds is 5. The molecular weight excluding hydrogens is 286 g/mol. The molecule has 1 aromatic carbocycles. The van der Waals surface area contributed by atoms with E-state index in [9.17, 15) is 4.79 Å². The zero-order valence-corrected chi connectivity index (χ0v) is 11.7. The summed E-state index contributed by atoms with van der Waals surface area (Å²) in [5.74, 6) is 0.304. The highest BCUT2D eigenvalue weighted by Gasteiger charge is 2.17. The number of tetrazole rings is 2. The van der Waals surface area contributed by atoms with Crippen molar-refractivity contribution in [2.45, 2.75) is 19.5 Å². The Morgan fingerprint density at radius 3 is 2.77 bits per heavy atom. The molecule has 2 aromatic heterocycles. The molecule has 10 heteroatoms. The van der Waals surface area contributed by atoms with Gasteiger partial charge in [0.15, 0.2) is 5.82 Å². The Labute approximate surface area is 125 Å². The van der Waals surface area contributed by atoms with Crippen LogP contribution in [0.15, 0.2) is 36.7 Å².